The molecule has 2 N–H and O–H groups in total. The number of rotatable bonds is 2. The lowest BCUT2D eigenvalue weighted by molar-refractivity contribution is -0.122. The van der Waals surface area contributed by atoms with Gasteiger partial charge in [-0.2, -0.15) is 5.26 Å². The van der Waals surface area contributed by atoms with Crippen molar-refractivity contribution in [2.75, 3.05) is 24.6 Å². The summed E-state index contributed by atoms with van der Waals surface area (Å²) in [6.07, 6.45) is 0.794. The quantitative estimate of drug-likeness (QED) is 0.783. The molecule has 18 heavy (non-hydrogen) atoms. The van der Waals surface area contributed by atoms with Crippen molar-refractivity contribution in [1.82, 2.24) is 5.32 Å². The highest BCUT2D eigenvalue weighted by atomic mass is 16.3. The molecule has 0 aliphatic carbocycles. The first-order valence-corrected chi connectivity index (χ1v) is 5.92. The van der Waals surface area contributed by atoms with Gasteiger partial charge in [0.15, 0.2) is 0 Å². The Labute approximate surface area is 106 Å². The number of carbonyl (C=O) groups excluding carboxylic acids is 1. The van der Waals surface area contributed by atoms with E-state index < -0.39 is 6.04 Å². The summed E-state index contributed by atoms with van der Waals surface area (Å²) in [5, 5.41) is 21.3. The van der Waals surface area contributed by atoms with Gasteiger partial charge in [-0.05, 0) is 18.6 Å². The predicted molar refractivity (Wildman–Crippen MR) is 67.0 cm³/mol. The maximum absolute atomic E-state index is 11.8. The van der Waals surface area contributed by atoms with E-state index in [1.165, 1.54) is 0 Å². The Morgan fingerprint density at radius 1 is 1.50 bits per heavy atom. The van der Waals surface area contributed by atoms with Gasteiger partial charge in [0, 0.05) is 13.1 Å². The van der Waals surface area contributed by atoms with Gasteiger partial charge in [-0.1, -0.05) is 12.1 Å². The highest BCUT2D eigenvalue weighted by Crippen LogP contribution is 2.23. The molecular formula is C13H15N3O2. The average molecular weight is 245 g/mol. The molecule has 1 aromatic carbocycles. The lowest BCUT2D eigenvalue weighted by Crippen LogP contribution is -2.47. The van der Waals surface area contributed by atoms with Crippen LogP contribution in [0.2, 0.25) is 0 Å². The number of nitrogens with zero attached hydrogens (tertiary/aromatic N) is 2. The second kappa shape index (κ2) is 5.52. The van der Waals surface area contributed by atoms with E-state index in [4.69, 9.17) is 5.26 Å². The lowest BCUT2D eigenvalue weighted by Gasteiger charge is -2.29. The van der Waals surface area contributed by atoms with E-state index in [0.717, 1.165) is 6.42 Å². The van der Waals surface area contributed by atoms with E-state index in [2.05, 4.69) is 11.4 Å². The minimum absolute atomic E-state index is 0.192. The Hall–Kier alpha value is -2.06. The van der Waals surface area contributed by atoms with E-state index in [1.807, 2.05) is 6.07 Å². The first kappa shape index (κ1) is 12.4. The smallest absolute Gasteiger partial charge is 0.245 e. The largest absolute Gasteiger partial charge is 0.394 e. The monoisotopic (exact) mass is 245 g/mol. The zero-order valence-corrected chi connectivity index (χ0v) is 9.97. The van der Waals surface area contributed by atoms with Gasteiger partial charge < -0.3 is 15.3 Å². The molecule has 1 saturated heterocycles. The van der Waals surface area contributed by atoms with Crippen molar-refractivity contribution in [2.45, 2.75) is 12.5 Å². The van der Waals surface area contributed by atoms with Gasteiger partial charge in [0.05, 0.1) is 17.9 Å². The average Bonchev–Trinajstić information content (AvgIpc) is 2.60. The summed E-state index contributed by atoms with van der Waals surface area (Å²) in [6, 6.07) is 8.63. The fraction of sp³-hybridized carbons (Fsp3) is 0.385. The first-order valence-electron chi connectivity index (χ1n) is 5.92. The Bertz CT molecular complexity index is 481. The van der Waals surface area contributed by atoms with Crippen molar-refractivity contribution in [3.8, 4) is 6.07 Å². The van der Waals surface area contributed by atoms with Crippen LogP contribution in [0.1, 0.15) is 12.0 Å². The molecule has 94 valence electrons. The molecule has 1 unspecified atom stereocenters. The standard InChI is InChI=1S/C13H15N3O2/c14-8-10-4-1-2-5-11(10)16-7-3-6-15-13(18)12(16)9-17/h1-2,4-5,12,17H,3,6-7,9H2,(H,15,18). The van der Waals surface area contributed by atoms with Crippen LogP contribution in [0.25, 0.3) is 0 Å². The molecule has 5 nitrogen and oxygen atoms in total. The van der Waals surface area contributed by atoms with E-state index >= 15 is 0 Å². The molecule has 5 heteroatoms. The van der Waals surface area contributed by atoms with Crippen molar-refractivity contribution in [3.05, 3.63) is 29.8 Å². The van der Waals surface area contributed by atoms with Gasteiger partial charge in [-0.15, -0.1) is 0 Å². The minimum atomic E-state index is -0.623. The molecule has 0 bridgehead atoms. The van der Waals surface area contributed by atoms with Crippen LogP contribution in [0, 0.1) is 11.3 Å². The summed E-state index contributed by atoms with van der Waals surface area (Å²) in [6.45, 7) is 0.981. The lowest BCUT2D eigenvalue weighted by atomic mass is 10.1. The molecule has 1 amide bonds. The van der Waals surface area contributed by atoms with Crippen LogP contribution < -0.4 is 10.2 Å². The van der Waals surface area contributed by atoms with Gasteiger partial charge in [0.2, 0.25) is 5.91 Å². The van der Waals surface area contributed by atoms with Crippen molar-refractivity contribution in [1.29, 1.82) is 5.26 Å². The fourth-order valence-corrected chi connectivity index (χ4v) is 2.16. The summed E-state index contributed by atoms with van der Waals surface area (Å²) in [5.41, 5.74) is 1.22. The predicted octanol–water partition coefficient (Wildman–Crippen LogP) is 0.245. The highest BCUT2D eigenvalue weighted by molar-refractivity contribution is 5.86. The molecule has 0 saturated carbocycles. The molecule has 0 radical (unpaired) electrons. The van der Waals surface area contributed by atoms with E-state index in [1.54, 1.807) is 23.1 Å². The molecular weight excluding hydrogens is 230 g/mol. The third kappa shape index (κ3) is 2.29. The number of nitrogens with one attached hydrogen (secondary N) is 1. The number of anilines is 1. The van der Waals surface area contributed by atoms with Crippen LogP contribution in [0.5, 0.6) is 0 Å². The van der Waals surface area contributed by atoms with Gasteiger partial charge in [0.25, 0.3) is 0 Å². The number of aliphatic hydroxyl groups is 1. The van der Waals surface area contributed by atoms with Crippen molar-refractivity contribution in [3.63, 3.8) is 0 Å². The molecule has 1 aliphatic rings. The topological polar surface area (TPSA) is 76.4 Å². The number of aliphatic hydroxyl groups excluding tert-OH is 1. The summed E-state index contributed by atoms with van der Waals surface area (Å²) >= 11 is 0. The van der Waals surface area contributed by atoms with Crippen molar-refractivity contribution in [2.24, 2.45) is 0 Å². The first-order chi connectivity index (χ1) is 8.77. The number of amides is 1. The van der Waals surface area contributed by atoms with Crippen molar-refractivity contribution >= 4 is 11.6 Å². The molecule has 1 aliphatic heterocycles. The number of benzene rings is 1. The maximum Gasteiger partial charge on any atom is 0.245 e. The normalized spacial score (nSPS) is 19.9. The van der Waals surface area contributed by atoms with Crippen LogP contribution >= 0.6 is 0 Å². The molecule has 2 rings (SSSR count). The molecule has 0 aromatic heterocycles. The Kier molecular flexibility index (Phi) is 3.80. The van der Waals surface area contributed by atoms with Gasteiger partial charge in [-0.25, -0.2) is 0 Å². The van der Waals surface area contributed by atoms with Crippen LogP contribution in [0.15, 0.2) is 24.3 Å². The molecule has 1 fully saturated rings. The number of para-hydroxylation sites is 1. The molecule has 1 aromatic rings. The zero-order chi connectivity index (χ0) is 13.0. The Balaban J connectivity index is 2.40. The van der Waals surface area contributed by atoms with Crippen LogP contribution in [0.4, 0.5) is 5.69 Å². The Morgan fingerprint density at radius 2 is 2.28 bits per heavy atom. The summed E-state index contributed by atoms with van der Waals surface area (Å²) in [5.74, 6) is -0.192. The number of carbonyl (C=O) groups is 1. The zero-order valence-electron chi connectivity index (χ0n) is 9.97. The minimum Gasteiger partial charge on any atom is -0.394 e. The summed E-state index contributed by atoms with van der Waals surface area (Å²) in [4.78, 5) is 13.6. The van der Waals surface area contributed by atoms with E-state index in [-0.39, 0.29) is 12.5 Å². The third-order valence-corrected chi connectivity index (χ3v) is 3.06. The fourth-order valence-electron chi connectivity index (χ4n) is 2.16. The summed E-state index contributed by atoms with van der Waals surface area (Å²) in [7, 11) is 0. The number of hydrogen-bond donors (Lipinski definition) is 2. The van der Waals surface area contributed by atoms with Crippen molar-refractivity contribution < 1.29 is 9.90 Å². The summed E-state index contributed by atoms with van der Waals surface area (Å²) < 4.78 is 0. The van der Waals surface area contributed by atoms with Crippen LogP contribution in [-0.2, 0) is 4.79 Å². The SMILES string of the molecule is N#Cc1ccccc1N1CCCNC(=O)C1CO. The molecule has 0 spiro atoms. The highest BCUT2D eigenvalue weighted by Gasteiger charge is 2.28. The molecule has 1 heterocycles. The number of hydrogen-bond acceptors (Lipinski definition) is 4. The van der Waals surface area contributed by atoms with Gasteiger partial charge in [0.1, 0.15) is 12.1 Å². The van der Waals surface area contributed by atoms with Gasteiger partial charge in [-0.3, -0.25) is 4.79 Å². The van der Waals surface area contributed by atoms with E-state index in [9.17, 15) is 9.90 Å². The van der Waals surface area contributed by atoms with E-state index in [0.29, 0.717) is 24.3 Å². The second-order valence-corrected chi connectivity index (χ2v) is 4.17. The second-order valence-electron chi connectivity index (χ2n) is 4.17. The van der Waals surface area contributed by atoms with Gasteiger partial charge >= 0.3 is 0 Å². The van der Waals surface area contributed by atoms with Crippen LogP contribution in [0.3, 0.4) is 0 Å². The van der Waals surface area contributed by atoms with Crippen LogP contribution in [-0.4, -0.2) is 36.8 Å². The molecule has 1 atom stereocenters. The number of nitriles is 1. The third-order valence-electron chi connectivity index (χ3n) is 3.06. The Morgan fingerprint density at radius 3 is 3.00 bits per heavy atom. The maximum atomic E-state index is 11.8.